The minimum absolute atomic E-state index is 0.263. The molecule has 0 atom stereocenters. The lowest BCUT2D eigenvalue weighted by Crippen LogP contribution is -2.11. The fourth-order valence-electron chi connectivity index (χ4n) is 2.57. The largest absolute Gasteiger partial charge is 0.321 e. The Kier molecular flexibility index (Phi) is 4.47. The van der Waals surface area contributed by atoms with Gasteiger partial charge in [0.15, 0.2) is 11.6 Å². The molecule has 0 aliphatic rings. The van der Waals surface area contributed by atoms with Crippen LogP contribution in [0.1, 0.15) is 16.1 Å². The summed E-state index contributed by atoms with van der Waals surface area (Å²) < 4.78 is 14.0. The summed E-state index contributed by atoms with van der Waals surface area (Å²) >= 11 is 1.36. The third-order valence-electron chi connectivity index (χ3n) is 3.94. The summed E-state index contributed by atoms with van der Waals surface area (Å²) in [6.07, 6.45) is 0. The first kappa shape index (κ1) is 17.0. The number of halogens is 1. The van der Waals surface area contributed by atoms with Crippen molar-refractivity contribution in [1.82, 2.24) is 20.2 Å². The average Bonchev–Trinajstić information content (AvgIpc) is 3.36. The highest BCUT2D eigenvalue weighted by molar-refractivity contribution is 7.07. The topological polar surface area (TPSA) is 83.6 Å². The zero-order chi connectivity index (χ0) is 18.8. The molecule has 2 aromatic carbocycles. The number of benzene rings is 2. The van der Waals surface area contributed by atoms with E-state index in [1.54, 1.807) is 47.3 Å². The van der Waals surface area contributed by atoms with Crippen LogP contribution in [-0.2, 0) is 0 Å². The maximum atomic E-state index is 14.0. The molecule has 0 aliphatic carbocycles. The maximum Gasteiger partial charge on any atom is 0.275 e. The second-order valence-electron chi connectivity index (χ2n) is 5.91. The molecule has 0 saturated heterocycles. The van der Waals surface area contributed by atoms with Crippen molar-refractivity contribution >= 4 is 22.9 Å². The molecule has 134 valence electrons. The van der Waals surface area contributed by atoms with E-state index in [9.17, 15) is 9.18 Å². The quantitative estimate of drug-likeness (QED) is 0.554. The molecule has 2 N–H and O–H groups in total. The Bertz CT molecular complexity index is 1090. The van der Waals surface area contributed by atoms with Gasteiger partial charge in [-0.05, 0) is 43.3 Å². The first-order valence-corrected chi connectivity index (χ1v) is 9.03. The first-order valence-electron chi connectivity index (χ1n) is 8.09. The van der Waals surface area contributed by atoms with Crippen LogP contribution in [0.4, 0.5) is 10.1 Å². The van der Waals surface area contributed by atoms with Crippen molar-refractivity contribution in [2.45, 2.75) is 6.92 Å². The Balaban J connectivity index is 1.54. The average molecular weight is 379 g/mol. The molecule has 0 unspecified atom stereocenters. The fourth-order valence-corrected chi connectivity index (χ4v) is 3.10. The van der Waals surface area contributed by atoms with Gasteiger partial charge >= 0.3 is 0 Å². The van der Waals surface area contributed by atoms with Crippen LogP contribution in [0.3, 0.4) is 0 Å². The van der Waals surface area contributed by atoms with E-state index in [2.05, 4.69) is 25.5 Å². The van der Waals surface area contributed by atoms with Gasteiger partial charge in [-0.15, -0.1) is 21.5 Å². The SMILES string of the molecule is Cc1ccc(F)c(-c2nnc(-c3ccc(NC(=O)c4cscn4)cc3)[nH]2)c1. The molecular formula is C19H14FN5OS. The summed E-state index contributed by atoms with van der Waals surface area (Å²) in [5, 5.41) is 12.6. The second-order valence-corrected chi connectivity index (χ2v) is 6.63. The Labute approximate surface area is 158 Å². The van der Waals surface area contributed by atoms with E-state index in [0.717, 1.165) is 11.1 Å². The molecule has 1 amide bonds. The Morgan fingerprint density at radius 2 is 1.89 bits per heavy atom. The molecule has 0 radical (unpaired) electrons. The number of aryl methyl sites for hydroxylation is 1. The van der Waals surface area contributed by atoms with Crippen LogP contribution in [-0.4, -0.2) is 26.1 Å². The number of aromatic nitrogens is 4. The number of H-pyrrole nitrogens is 1. The van der Waals surface area contributed by atoms with E-state index >= 15 is 0 Å². The summed E-state index contributed by atoms with van der Waals surface area (Å²) in [5.41, 5.74) is 4.71. The molecule has 0 fully saturated rings. The lowest BCUT2D eigenvalue weighted by Gasteiger charge is -2.04. The normalized spacial score (nSPS) is 10.7. The van der Waals surface area contributed by atoms with Crippen molar-refractivity contribution in [2.24, 2.45) is 0 Å². The number of nitrogens with zero attached hydrogens (tertiary/aromatic N) is 3. The molecular weight excluding hydrogens is 365 g/mol. The highest BCUT2D eigenvalue weighted by Gasteiger charge is 2.12. The van der Waals surface area contributed by atoms with Crippen molar-refractivity contribution in [3.63, 3.8) is 0 Å². The van der Waals surface area contributed by atoms with Crippen LogP contribution in [0.25, 0.3) is 22.8 Å². The minimum atomic E-state index is -0.358. The highest BCUT2D eigenvalue weighted by Crippen LogP contribution is 2.24. The number of nitrogens with one attached hydrogen (secondary N) is 2. The summed E-state index contributed by atoms with van der Waals surface area (Å²) in [4.78, 5) is 19.0. The Morgan fingerprint density at radius 3 is 2.63 bits per heavy atom. The second kappa shape index (κ2) is 7.08. The van der Waals surface area contributed by atoms with Crippen molar-refractivity contribution in [1.29, 1.82) is 0 Å². The Morgan fingerprint density at radius 1 is 1.11 bits per heavy atom. The molecule has 8 heteroatoms. The zero-order valence-electron chi connectivity index (χ0n) is 14.2. The van der Waals surface area contributed by atoms with Crippen molar-refractivity contribution < 1.29 is 9.18 Å². The fraction of sp³-hybridized carbons (Fsp3) is 0.0526. The van der Waals surface area contributed by atoms with Crippen LogP contribution in [0, 0.1) is 12.7 Å². The predicted molar refractivity (Wildman–Crippen MR) is 102 cm³/mol. The monoisotopic (exact) mass is 379 g/mol. The molecule has 4 rings (SSSR count). The van der Waals surface area contributed by atoms with Crippen LogP contribution in [0.2, 0.25) is 0 Å². The number of amides is 1. The van der Waals surface area contributed by atoms with Gasteiger partial charge in [-0.2, -0.15) is 0 Å². The smallest absolute Gasteiger partial charge is 0.275 e. The number of carbonyl (C=O) groups is 1. The third-order valence-corrected chi connectivity index (χ3v) is 4.53. The number of hydrogen-bond acceptors (Lipinski definition) is 5. The lowest BCUT2D eigenvalue weighted by atomic mass is 10.1. The van der Waals surface area contributed by atoms with E-state index < -0.39 is 0 Å². The summed E-state index contributed by atoms with van der Waals surface area (Å²) in [6.45, 7) is 1.89. The molecule has 0 aliphatic heterocycles. The van der Waals surface area contributed by atoms with E-state index in [1.165, 1.54) is 17.4 Å². The van der Waals surface area contributed by atoms with Crippen LogP contribution < -0.4 is 5.32 Å². The molecule has 0 bridgehead atoms. The van der Waals surface area contributed by atoms with Gasteiger partial charge in [-0.25, -0.2) is 9.37 Å². The van der Waals surface area contributed by atoms with E-state index in [4.69, 9.17) is 0 Å². The van der Waals surface area contributed by atoms with Gasteiger partial charge in [0.05, 0.1) is 11.1 Å². The van der Waals surface area contributed by atoms with Gasteiger partial charge in [0, 0.05) is 16.6 Å². The van der Waals surface area contributed by atoms with Crippen LogP contribution >= 0.6 is 11.3 Å². The number of rotatable bonds is 4. The van der Waals surface area contributed by atoms with E-state index in [1.807, 2.05) is 6.92 Å². The molecule has 4 aromatic rings. The number of aromatic amines is 1. The summed E-state index contributed by atoms with van der Waals surface area (Å²) in [5.74, 6) is 0.264. The standard InChI is InChI=1S/C19H14FN5OS/c1-11-2-7-15(20)14(8-11)18-23-17(24-25-18)12-3-5-13(6-4-12)22-19(26)16-9-27-10-21-16/h2-10H,1H3,(H,22,26)(H,23,24,25). The summed E-state index contributed by atoms with van der Waals surface area (Å²) in [7, 11) is 0. The van der Waals surface area contributed by atoms with Gasteiger partial charge in [0.25, 0.3) is 5.91 Å². The van der Waals surface area contributed by atoms with Crippen molar-refractivity contribution in [3.05, 3.63) is 70.4 Å². The minimum Gasteiger partial charge on any atom is -0.321 e. The number of anilines is 1. The van der Waals surface area contributed by atoms with Gasteiger partial charge in [0.1, 0.15) is 11.5 Å². The number of thiazole rings is 1. The van der Waals surface area contributed by atoms with Gasteiger partial charge in [-0.1, -0.05) is 11.6 Å². The number of hydrogen-bond donors (Lipinski definition) is 2. The molecule has 6 nitrogen and oxygen atoms in total. The highest BCUT2D eigenvalue weighted by atomic mass is 32.1. The maximum absolute atomic E-state index is 14.0. The zero-order valence-corrected chi connectivity index (χ0v) is 15.0. The van der Waals surface area contributed by atoms with E-state index in [0.29, 0.717) is 28.6 Å². The van der Waals surface area contributed by atoms with Crippen molar-refractivity contribution in [3.8, 4) is 22.8 Å². The molecule has 2 aromatic heterocycles. The predicted octanol–water partition coefficient (Wildman–Crippen LogP) is 4.30. The van der Waals surface area contributed by atoms with Crippen LogP contribution in [0.15, 0.2) is 53.4 Å². The van der Waals surface area contributed by atoms with Gasteiger partial charge < -0.3 is 10.3 Å². The first-order chi connectivity index (χ1) is 13.1. The third kappa shape index (κ3) is 3.61. The molecule has 0 spiro atoms. The number of carbonyl (C=O) groups excluding carboxylic acids is 1. The van der Waals surface area contributed by atoms with E-state index in [-0.39, 0.29) is 11.7 Å². The molecule has 2 heterocycles. The van der Waals surface area contributed by atoms with Crippen LogP contribution in [0.5, 0.6) is 0 Å². The van der Waals surface area contributed by atoms with Crippen molar-refractivity contribution in [2.75, 3.05) is 5.32 Å². The van der Waals surface area contributed by atoms with Gasteiger partial charge in [0.2, 0.25) is 0 Å². The molecule has 0 saturated carbocycles. The summed E-state index contributed by atoms with van der Waals surface area (Å²) in [6, 6.07) is 11.9. The molecule has 27 heavy (non-hydrogen) atoms. The lowest BCUT2D eigenvalue weighted by molar-refractivity contribution is 0.102. The van der Waals surface area contributed by atoms with Gasteiger partial charge in [-0.3, -0.25) is 4.79 Å². The Hall–Kier alpha value is -3.39.